The number of halogens is 1. The Balaban J connectivity index is 2.25. The molecule has 0 aromatic carbocycles. The molecule has 0 saturated heterocycles. The first-order chi connectivity index (χ1) is 9.69. The first kappa shape index (κ1) is 15.6. The van der Waals surface area contributed by atoms with Gasteiger partial charge in [0, 0.05) is 31.3 Å². The van der Waals surface area contributed by atoms with Gasteiger partial charge < -0.3 is 9.64 Å². The van der Waals surface area contributed by atoms with Gasteiger partial charge >= 0.3 is 0 Å². The number of aryl methyl sites for hydroxylation is 1. The number of hydrogen-bond donors (Lipinski definition) is 0. The Bertz CT molecular complexity index is 412. The van der Waals surface area contributed by atoms with Gasteiger partial charge in [-0.1, -0.05) is 6.92 Å². The molecule has 0 aliphatic heterocycles. The lowest BCUT2D eigenvalue weighted by molar-refractivity contribution is 0.202. The highest BCUT2D eigenvalue weighted by molar-refractivity contribution is 6.17. The molecule has 0 radical (unpaired) electrons. The Labute approximate surface area is 127 Å². The Hall–Kier alpha value is -0.800. The summed E-state index contributed by atoms with van der Waals surface area (Å²) in [7, 11) is 1.75. The second-order valence-corrected chi connectivity index (χ2v) is 5.84. The highest BCUT2D eigenvalue weighted by Crippen LogP contribution is 2.36. The number of aromatic nitrogens is 1. The maximum Gasteiger partial charge on any atom is 0.129 e. The zero-order valence-electron chi connectivity index (χ0n) is 12.7. The quantitative estimate of drug-likeness (QED) is 0.685. The van der Waals surface area contributed by atoms with Crippen LogP contribution < -0.4 is 4.90 Å². The molecule has 0 bridgehead atoms. The topological polar surface area (TPSA) is 25.4 Å². The molecule has 1 aromatic heterocycles. The van der Waals surface area contributed by atoms with Crippen LogP contribution in [0.1, 0.15) is 37.9 Å². The van der Waals surface area contributed by atoms with Gasteiger partial charge in [-0.3, -0.25) is 0 Å². The van der Waals surface area contributed by atoms with E-state index in [0.717, 1.165) is 42.6 Å². The number of alkyl halides is 1. The summed E-state index contributed by atoms with van der Waals surface area (Å²) in [5, 5.41) is 0. The lowest BCUT2D eigenvalue weighted by atomic mass is 10.1. The number of nitrogens with zero attached hydrogens (tertiary/aromatic N) is 2. The predicted octanol–water partition coefficient (Wildman–Crippen LogP) is 3.63. The molecule has 0 amide bonds. The highest BCUT2D eigenvalue weighted by Gasteiger charge is 2.32. The first-order valence-corrected chi connectivity index (χ1v) is 8.04. The molecule has 1 unspecified atom stereocenters. The van der Waals surface area contributed by atoms with Crippen LogP contribution in [-0.2, 0) is 17.0 Å². The average molecular weight is 297 g/mol. The fourth-order valence-corrected chi connectivity index (χ4v) is 2.74. The van der Waals surface area contributed by atoms with Crippen molar-refractivity contribution < 1.29 is 4.74 Å². The van der Waals surface area contributed by atoms with Crippen LogP contribution in [0.15, 0.2) is 12.1 Å². The van der Waals surface area contributed by atoms with Gasteiger partial charge in [0.1, 0.15) is 5.82 Å². The van der Waals surface area contributed by atoms with Crippen molar-refractivity contribution in [1.82, 2.24) is 4.98 Å². The fraction of sp³-hybridized carbons (Fsp3) is 0.688. The average Bonchev–Trinajstić information content (AvgIpc) is 3.31. The van der Waals surface area contributed by atoms with Crippen molar-refractivity contribution >= 4 is 17.4 Å². The maximum atomic E-state index is 6.02. The second-order valence-electron chi connectivity index (χ2n) is 5.58. The molecule has 2 rings (SSSR count). The standard InChI is InChI=1S/C16H25ClN2O/c1-4-15-9-13(11-17)10-16(18-15)19(7-8-20-3)12(2)14-5-6-14/h9-10,12,14H,4-8,11H2,1-3H3. The number of anilines is 1. The molecule has 20 heavy (non-hydrogen) atoms. The molecule has 1 aliphatic rings. The zero-order chi connectivity index (χ0) is 14.5. The van der Waals surface area contributed by atoms with Crippen LogP contribution >= 0.6 is 11.6 Å². The molecular formula is C16H25ClN2O. The minimum atomic E-state index is 0.521. The molecule has 1 saturated carbocycles. The third-order valence-electron chi connectivity index (χ3n) is 4.07. The molecule has 4 heteroatoms. The lowest BCUT2D eigenvalue weighted by Gasteiger charge is -2.31. The summed E-state index contributed by atoms with van der Waals surface area (Å²) in [5.41, 5.74) is 2.27. The van der Waals surface area contributed by atoms with Crippen LogP contribution in [0.25, 0.3) is 0 Å². The molecular weight excluding hydrogens is 272 g/mol. The fourth-order valence-electron chi connectivity index (χ4n) is 2.59. The smallest absolute Gasteiger partial charge is 0.129 e. The Kier molecular flexibility index (Phi) is 5.67. The van der Waals surface area contributed by atoms with E-state index in [1.54, 1.807) is 7.11 Å². The molecule has 112 valence electrons. The molecule has 3 nitrogen and oxygen atoms in total. The monoisotopic (exact) mass is 296 g/mol. The van der Waals surface area contributed by atoms with Crippen LogP contribution in [0.3, 0.4) is 0 Å². The van der Waals surface area contributed by atoms with Gasteiger partial charge in [-0.2, -0.15) is 0 Å². The Morgan fingerprint density at radius 1 is 1.45 bits per heavy atom. The van der Waals surface area contributed by atoms with Crippen molar-refractivity contribution in [3.05, 3.63) is 23.4 Å². The predicted molar refractivity (Wildman–Crippen MR) is 84.6 cm³/mol. The van der Waals surface area contributed by atoms with Gasteiger partial charge in [0.25, 0.3) is 0 Å². The molecule has 0 N–H and O–H groups in total. The van der Waals surface area contributed by atoms with Gasteiger partial charge in [-0.05, 0) is 49.8 Å². The van der Waals surface area contributed by atoms with Gasteiger partial charge in [0.2, 0.25) is 0 Å². The van der Waals surface area contributed by atoms with Crippen molar-refractivity contribution in [2.45, 2.75) is 45.0 Å². The van der Waals surface area contributed by atoms with Crippen molar-refractivity contribution in [3.8, 4) is 0 Å². The second kappa shape index (κ2) is 7.28. The van der Waals surface area contributed by atoms with Crippen molar-refractivity contribution in [3.63, 3.8) is 0 Å². The van der Waals surface area contributed by atoms with Gasteiger partial charge in [-0.15, -0.1) is 11.6 Å². The number of pyridine rings is 1. The van der Waals surface area contributed by atoms with E-state index in [-0.39, 0.29) is 0 Å². The largest absolute Gasteiger partial charge is 0.383 e. The first-order valence-electron chi connectivity index (χ1n) is 7.51. The summed E-state index contributed by atoms with van der Waals surface area (Å²) in [6, 6.07) is 4.75. The lowest BCUT2D eigenvalue weighted by Crippen LogP contribution is -2.38. The summed E-state index contributed by atoms with van der Waals surface area (Å²) >= 11 is 6.02. The molecule has 0 spiro atoms. The summed E-state index contributed by atoms with van der Waals surface area (Å²) in [6.07, 6.45) is 3.61. The van der Waals surface area contributed by atoms with E-state index in [1.165, 1.54) is 12.8 Å². The molecule has 1 aliphatic carbocycles. The third-order valence-corrected chi connectivity index (χ3v) is 4.38. The van der Waals surface area contributed by atoms with Crippen molar-refractivity contribution in [1.29, 1.82) is 0 Å². The van der Waals surface area contributed by atoms with E-state index in [0.29, 0.717) is 11.9 Å². The summed E-state index contributed by atoms with van der Waals surface area (Å²) < 4.78 is 5.26. The van der Waals surface area contributed by atoms with E-state index in [1.807, 2.05) is 0 Å². The van der Waals surface area contributed by atoms with Crippen LogP contribution in [0.5, 0.6) is 0 Å². The minimum absolute atomic E-state index is 0.521. The number of methoxy groups -OCH3 is 1. The summed E-state index contributed by atoms with van der Waals surface area (Å²) in [4.78, 5) is 7.18. The molecule has 1 heterocycles. The summed E-state index contributed by atoms with van der Waals surface area (Å²) in [6.45, 7) is 6.04. The third kappa shape index (κ3) is 3.86. The van der Waals surface area contributed by atoms with E-state index in [4.69, 9.17) is 21.3 Å². The number of ether oxygens (including phenoxy) is 1. The van der Waals surface area contributed by atoms with Gasteiger partial charge in [0.15, 0.2) is 0 Å². The van der Waals surface area contributed by atoms with Crippen LogP contribution in [0.2, 0.25) is 0 Å². The number of rotatable bonds is 8. The number of hydrogen-bond acceptors (Lipinski definition) is 3. The van der Waals surface area contributed by atoms with E-state index >= 15 is 0 Å². The maximum absolute atomic E-state index is 6.02. The summed E-state index contributed by atoms with van der Waals surface area (Å²) in [5.74, 6) is 2.40. The minimum Gasteiger partial charge on any atom is -0.383 e. The van der Waals surface area contributed by atoms with Crippen LogP contribution in [0, 0.1) is 5.92 Å². The Morgan fingerprint density at radius 2 is 2.20 bits per heavy atom. The molecule has 1 fully saturated rings. The van der Waals surface area contributed by atoms with Gasteiger partial charge in [-0.25, -0.2) is 4.98 Å². The van der Waals surface area contributed by atoms with Crippen LogP contribution in [-0.4, -0.2) is 31.3 Å². The van der Waals surface area contributed by atoms with Crippen LogP contribution in [0.4, 0.5) is 5.82 Å². The SMILES string of the molecule is CCc1cc(CCl)cc(N(CCOC)C(C)C2CC2)n1. The van der Waals surface area contributed by atoms with Crippen molar-refractivity contribution in [2.24, 2.45) is 5.92 Å². The van der Waals surface area contributed by atoms with Gasteiger partial charge in [0.05, 0.1) is 6.61 Å². The van der Waals surface area contributed by atoms with E-state index < -0.39 is 0 Å². The normalized spacial score (nSPS) is 16.2. The Morgan fingerprint density at radius 3 is 2.75 bits per heavy atom. The van der Waals surface area contributed by atoms with Crippen molar-refractivity contribution in [2.75, 3.05) is 25.2 Å². The van der Waals surface area contributed by atoms with E-state index in [2.05, 4.69) is 30.9 Å². The molecule has 1 aromatic rings. The van der Waals surface area contributed by atoms with E-state index in [9.17, 15) is 0 Å². The molecule has 1 atom stereocenters. The zero-order valence-corrected chi connectivity index (χ0v) is 13.5. The highest BCUT2D eigenvalue weighted by atomic mass is 35.5.